The third kappa shape index (κ3) is 2.17. The first-order valence-corrected chi connectivity index (χ1v) is 4.26. The van der Waals surface area contributed by atoms with Gasteiger partial charge in [-0.15, -0.1) is 11.3 Å². The van der Waals surface area contributed by atoms with Crippen LogP contribution in [-0.2, 0) is 11.2 Å². The van der Waals surface area contributed by atoms with Crippen LogP contribution >= 0.6 is 11.3 Å². The summed E-state index contributed by atoms with van der Waals surface area (Å²) in [4.78, 5) is 4.26. The highest BCUT2D eigenvalue weighted by molar-refractivity contribution is 7.15. The van der Waals surface area contributed by atoms with E-state index < -0.39 is 0 Å². The maximum Gasteiger partial charge on any atom is 0.109 e. The monoisotopic (exact) mass is 172 g/mol. The molecule has 0 aliphatic rings. The molecule has 0 radical (unpaired) electrons. The van der Waals surface area contributed by atoms with E-state index in [2.05, 4.69) is 4.98 Å². The lowest BCUT2D eigenvalue weighted by Crippen LogP contribution is -1.93. The van der Waals surface area contributed by atoms with E-state index in [-0.39, 0.29) is 0 Å². The maximum atomic E-state index is 5.63. The molecular weight excluding hydrogens is 160 g/mol. The zero-order valence-corrected chi connectivity index (χ0v) is 7.57. The number of rotatable bonds is 3. The van der Waals surface area contributed by atoms with Crippen LogP contribution in [0.2, 0.25) is 0 Å². The lowest BCUT2D eigenvalue weighted by atomic mass is 10.4. The minimum Gasteiger partial charge on any atom is -0.389 e. The Morgan fingerprint density at radius 1 is 1.64 bits per heavy atom. The number of ether oxygens (including phenoxy) is 1. The van der Waals surface area contributed by atoms with Crippen LogP contribution in [0.3, 0.4) is 0 Å². The van der Waals surface area contributed by atoms with Crippen LogP contribution in [0, 0.1) is 6.92 Å². The fourth-order valence-corrected chi connectivity index (χ4v) is 1.58. The fourth-order valence-electron chi connectivity index (χ4n) is 0.762. The highest BCUT2D eigenvalue weighted by Gasteiger charge is 2.02. The van der Waals surface area contributed by atoms with Crippen molar-refractivity contribution in [2.45, 2.75) is 13.3 Å². The van der Waals surface area contributed by atoms with Crippen molar-refractivity contribution in [2.24, 2.45) is 0 Å². The Bertz CT molecular complexity index is 215. The molecule has 11 heavy (non-hydrogen) atoms. The van der Waals surface area contributed by atoms with Crippen molar-refractivity contribution in [1.82, 2.24) is 4.98 Å². The molecule has 4 heteroatoms. The molecule has 0 saturated carbocycles. The van der Waals surface area contributed by atoms with E-state index >= 15 is 0 Å². The van der Waals surface area contributed by atoms with Gasteiger partial charge in [-0.25, -0.2) is 4.98 Å². The van der Waals surface area contributed by atoms with Gasteiger partial charge in [0.25, 0.3) is 0 Å². The summed E-state index contributed by atoms with van der Waals surface area (Å²) in [7, 11) is 1.68. The topological polar surface area (TPSA) is 48.1 Å². The first-order valence-electron chi connectivity index (χ1n) is 3.44. The molecule has 0 atom stereocenters. The largest absolute Gasteiger partial charge is 0.389 e. The third-order valence-electron chi connectivity index (χ3n) is 1.40. The van der Waals surface area contributed by atoms with Crippen LogP contribution in [0.4, 0.5) is 5.00 Å². The van der Waals surface area contributed by atoms with Crippen molar-refractivity contribution in [3.8, 4) is 0 Å². The van der Waals surface area contributed by atoms with E-state index in [4.69, 9.17) is 10.5 Å². The summed E-state index contributed by atoms with van der Waals surface area (Å²) in [6, 6.07) is 0. The van der Waals surface area contributed by atoms with Crippen molar-refractivity contribution in [1.29, 1.82) is 0 Å². The molecule has 0 amide bonds. The zero-order chi connectivity index (χ0) is 8.27. The minimum atomic E-state index is 0.715. The Labute approximate surface area is 70.2 Å². The van der Waals surface area contributed by atoms with Gasteiger partial charge in [0.1, 0.15) is 5.00 Å². The van der Waals surface area contributed by atoms with Crippen molar-refractivity contribution < 1.29 is 4.74 Å². The van der Waals surface area contributed by atoms with Crippen molar-refractivity contribution in [3.63, 3.8) is 0 Å². The molecule has 2 N–H and O–H groups in total. The lowest BCUT2D eigenvalue weighted by molar-refractivity contribution is 0.202. The highest BCUT2D eigenvalue weighted by atomic mass is 32.1. The average Bonchev–Trinajstić information content (AvgIpc) is 2.28. The van der Waals surface area contributed by atoms with Gasteiger partial charge in [0, 0.05) is 13.5 Å². The summed E-state index contributed by atoms with van der Waals surface area (Å²) < 4.78 is 4.92. The van der Waals surface area contributed by atoms with E-state index in [0.717, 1.165) is 22.1 Å². The van der Waals surface area contributed by atoms with E-state index in [0.29, 0.717) is 6.61 Å². The van der Waals surface area contributed by atoms with Crippen LogP contribution in [0.25, 0.3) is 0 Å². The van der Waals surface area contributed by atoms with E-state index in [1.165, 1.54) is 0 Å². The summed E-state index contributed by atoms with van der Waals surface area (Å²) in [5.74, 6) is 0. The SMILES string of the molecule is COCCc1nc(C)c(N)s1. The Morgan fingerprint density at radius 3 is 2.82 bits per heavy atom. The standard InChI is InChI=1S/C7H12N2OS/c1-5-7(8)11-6(9-5)3-4-10-2/h3-4,8H2,1-2H3. The van der Waals surface area contributed by atoms with Gasteiger partial charge in [-0.05, 0) is 6.92 Å². The second-order valence-corrected chi connectivity index (χ2v) is 3.42. The van der Waals surface area contributed by atoms with Crippen molar-refractivity contribution >= 4 is 16.3 Å². The Hall–Kier alpha value is -0.610. The molecule has 0 bridgehead atoms. The molecule has 0 unspecified atom stereocenters. The van der Waals surface area contributed by atoms with Gasteiger partial charge < -0.3 is 10.5 Å². The van der Waals surface area contributed by atoms with Gasteiger partial charge in [0.2, 0.25) is 0 Å². The molecule has 0 fully saturated rings. The molecule has 0 saturated heterocycles. The Balaban J connectivity index is 2.58. The molecule has 1 aromatic heterocycles. The number of thiazole rings is 1. The van der Waals surface area contributed by atoms with E-state index in [9.17, 15) is 0 Å². The molecule has 0 aliphatic heterocycles. The van der Waals surface area contributed by atoms with Crippen LogP contribution in [0.15, 0.2) is 0 Å². The molecule has 1 rings (SSSR count). The van der Waals surface area contributed by atoms with Gasteiger partial charge in [0.05, 0.1) is 17.3 Å². The summed E-state index contributed by atoms with van der Waals surface area (Å²) in [5.41, 5.74) is 6.56. The number of anilines is 1. The molecular formula is C7H12N2OS. The third-order valence-corrected chi connectivity index (χ3v) is 2.44. The number of hydrogen-bond acceptors (Lipinski definition) is 4. The second-order valence-electron chi connectivity index (χ2n) is 2.30. The summed E-state index contributed by atoms with van der Waals surface area (Å²) in [6.07, 6.45) is 0.860. The molecule has 3 nitrogen and oxygen atoms in total. The van der Waals surface area contributed by atoms with Crippen LogP contribution < -0.4 is 5.73 Å². The summed E-state index contributed by atoms with van der Waals surface area (Å²) >= 11 is 1.54. The van der Waals surface area contributed by atoms with Crippen molar-refractivity contribution in [2.75, 3.05) is 19.5 Å². The summed E-state index contributed by atoms with van der Waals surface area (Å²) in [5, 5.41) is 1.87. The number of hydrogen-bond donors (Lipinski definition) is 1. The Morgan fingerprint density at radius 2 is 2.36 bits per heavy atom. The van der Waals surface area contributed by atoms with Gasteiger partial charge in [-0.1, -0.05) is 0 Å². The minimum absolute atomic E-state index is 0.715. The first-order chi connectivity index (χ1) is 5.24. The van der Waals surface area contributed by atoms with Gasteiger partial charge in [-0.3, -0.25) is 0 Å². The van der Waals surface area contributed by atoms with Gasteiger partial charge >= 0.3 is 0 Å². The number of aromatic nitrogens is 1. The normalized spacial score (nSPS) is 10.4. The van der Waals surface area contributed by atoms with Crippen LogP contribution in [0.1, 0.15) is 10.7 Å². The summed E-state index contributed by atoms with van der Waals surface area (Å²) in [6.45, 7) is 2.63. The number of nitrogens with two attached hydrogens (primary N) is 1. The number of nitrogen functional groups attached to an aromatic ring is 1. The zero-order valence-electron chi connectivity index (χ0n) is 6.76. The molecule has 1 heterocycles. The second kappa shape index (κ2) is 3.69. The van der Waals surface area contributed by atoms with Gasteiger partial charge in [0.15, 0.2) is 0 Å². The first kappa shape index (κ1) is 8.49. The van der Waals surface area contributed by atoms with Crippen molar-refractivity contribution in [3.05, 3.63) is 10.7 Å². The predicted molar refractivity (Wildman–Crippen MR) is 46.8 cm³/mol. The average molecular weight is 172 g/mol. The van der Waals surface area contributed by atoms with E-state index in [1.54, 1.807) is 18.4 Å². The number of methoxy groups -OCH3 is 1. The highest BCUT2D eigenvalue weighted by Crippen LogP contribution is 2.19. The number of aryl methyl sites for hydroxylation is 1. The van der Waals surface area contributed by atoms with Gasteiger partial charge in [-0.2, -0.15) is 0 Å². The fraction of sp³-hybridized carbons (Fsp3) is 0.571. The molecule has 62 valence electrons. The molecule has 0 spiro atoms. The van der Waals surface area contributed by atoms with Crippen LogP contribution in [0.5, 0.6) is 0 Å². The quantitative estimate of drug-likeness (QED) is 0.745. The Kier molecular flexibility index (Phi) is 2.84. The van der Waals surface area contributed by atoms with Crippen LogP contribution in [-0.4, -0.2) is 18.7 Å². The number of nitrogens with zero attached hydrogens (tertiary/aromatic N) is 1. The van der Waals surface area contributed by atoms with E-state index in [1.807, 2.05) is 6.92 Å². The predicted octanol–water partition coefficient (Wildman–Crippen LogP) is 1.22. The lowest BCUT2D eigenvalue weighted by Gasteiger charge is -1.91. The maximum absolute atomic E-state index is 5.63. The smallest absolute Gasteiger partial charge is 0.109 e. The molecule has 0 aromatic carbocycles. The molecule has 1 aromatic rings. The molecule has 0 aliphatic carbocycles.